The molecule has 0 fully saturated rings. The number of nitrogens with zero attached hydrogens (tertiary/aromatic N) is 1. The number of amides is 1. The number of halogens is 1. The lowest BCUT2D eigenvalue weighted by Crippen LogP contribution is -2.19. The molecule has 0 unspecified atom stereocenters. The summed E-state index contributed by atoms with van der Waals surface area (Å²) in [7, 11) is 0. The van der Waals surface area contributed by atoms with Crippen molar-refractivity contribution in [2.24, 2.45) is 0 Å². The van der Waals surface area contributed by atoms with Crippen LogP contribution < -0.4 is 5.32 Å². The van der Waals surface area contributed by atoms with E-state index in [-0.39, 0.29) is 11.7 Å². The summed E-state index contributed by atoms with van der Waals surface area (Å²) in [5.41, 5.74) is 1.12. The average Bonchev–Trinajstić information content (AvgIpc) is 2.34. The van der Waals surface area contributed by atoms with Crippen LogP contribution in [0.25, 0.3) is 17.0 Å². The van der Waals surface area contributed by atoms with E-state index in [1.54, 1.807) is 24.4 Å². The highest BCUT2D eigenvalue weighted by Gasteiger charge is 2.02. The fourth-order valence-electron chi connectivity index (χ4n) is 1.63. The molecule has 0 atom stereocenters. The fourth-order valence-corrected chi connectivity index (χ4v) is 1.63. The second-order valence-corrected chi connectivity index (χ2v) is 3.91. The molecule has 3 nitrogen and oxygen atoms in total. The van der Waals surface area contributed by atoms with Crippen molar-refractivity contribution < 1.29 is 9.18 Å². The van der Waals surface area contributed by atoms with Gasteiger partial charge in [0.2, 0.25) is 5.91 Å². The van der Waals surface area contributed by atoms with Crippen molar-refractivity contribution in [3.05, 3.63) is 47.9 Å². The van der Waals surface area contributed by atoms with E-state index < -0.39 is 0 Å². The van der Waals surface area contributed by atoms with Gasteiger partial charge >= 0.3 is 0 Å². The van der Waals surface area contributed by atoms with Gasteiger partial charge in [-0.3, -0.25) is 9.78 Å². The first-order valence-corrected chi connectivity index (χ1v) is 5.62. The van der Waals surface area contributed by atoms with E-state index in [9.17, 15) is 9.18 Å². The summed E-state index contributed by atoms with van der Waals surface area (Å²) >= 11 is 0. The molecule has 0 aliphatic rings. The van der Waals surface area contributed by atoms with Crippen LogP contribution in [0.15, 0.2) is 36.5 Å². The number of fused-ring (bicyclic) bond motifs is 1. The molecular weight excluding hydrogens is 231 g/mol. The normalized spacial score (nSPS) is 11.0. The zero-order valence-electron chi connectivity index (χ0n) is 9.98. The lowest BCUT2D eigenvalue weighted by Gasteiger charge is -2.01. The standard InChI is InChI=1S/C14H13FN2O/c1-10(18)16-6-2-4-11-8-12-5-3-7-17-14(12)9-13(11)15/h2-5,7-9H,6H2,1H3,(H,16,18). The molecule has 4 heteroatoms. The number of benzene rings is 1. The molecule has 1 aromatic carbocycles. The first-order chi connectivity index (χ1) is 8.66. The van der Waals surface area contributed by atoms with Crippen LogP contribution in [-0.4, -0.2) is 17.4 Å². The summed E-state index contributed by atoms with van der Waals surface area (Å²) in [5, 5.41) is 3.50. The highest BCUT2D eigenvalue weighted by Crippen LogP contribution is 2.18. The number of aromatic nitrogens is 1. The van der Waals surface area contributed by atoms with Crippen LogP contribution in [0.3, 0.4) is 0 Å². The van der Waals surface area contributed by atoms with E-state index >= 15 is 0 Å². The Hall–Kier alpha value is -2.23. The first-order valence-electron chi connectivity index (χ1n) is 5.62. The Morgan fingerprint density at radius 1 is 1.50 bits per heavy atom. The summed E-state index contributed by atoms with van der Waals surface area (Å²) in [6, 6.07) is 6.84. The largest absolute Gasteiger partial charge is 0.353 e. The van der Waals surface area contributed by atoms with Crippen molar-refractivity contribution in [2.75, 3.05) is 6.54 Å². The maximum Gasteiger partial charge on any atom is 0.217 e. The van der Waals surface area contributed by atoms with E-state index in [1.807, 2.05) is 12.1 Å². The maximum atomic E-state index is 13.7. The van der Waals surface area contributed by atoms with Gasteiger partial charge in [0.15, 0.2) is 0 Å². The Kier molecular flexibility index (Phi) is 3.67. The molecule has 1 amide bonds. The summed E-state index contributed by atoms with van der Waals surface area (Å²) in [6.07, 6.45) is 4.99. The molecule has 18 heavy (non-hydrogen) atoms. The van der Waals surface area contributed by atoms with Gasteiger partial charge in [0.25, 0.3) is 0 Å². The summed E-state index contributed by atoms with van der Waals surface area (Å²) in [4.78, 5) is 14.8. The van der Waals surface area contributed by atoms with Gasteiger partial charge in [-0.2, -0.15) is 0 Å². The molecule has 0 spiro atoms. The van der Waals surface area contributed by atoms with E-state index in [1.165, 1.54) is 13.0 Å². The van der Waals surface area contributed by atoms with Gasteiger partial charge in [0.05, 0.1) is 5.52 Å². The van der Waals surface area contributed by atoms with Gasteiger partial charge in [0, 0.05) is 36.7 Å². The topological polar surface area (TPSA) is 42.0 Å². The Morgan fingerprint density at radius 3 is 3.11 bits per heavy atom. The Morgan fingerprint density at radius 2 is 2.33 bits per heavy atom. The van der Waals surface area contributed by atoms with Gasteiger partial charge in [0.1, 0.15) is 5.82 Å². The van der Waals surface area contributed by atoms with Crippen LogP contribution in [0, 0.1) is 5.82 Å². The number of rotatable bonds is 3. The molecule has 1 aromatic heterocycles. The average molecular weight is 244 g/mol. The van der Waals surface area contributed by atoms with Gasteiger partial charge in [-0.05, 0) is 12.1 Å². The molecule has 0 aliphatic carbocycles. The predicted molar refractivity (Wildman–Crippen MR) is 69.4 cm³/mol. The molecule has 2 aromatic rings. The van der Waals surface area contributed by atoms with E-state index in [0.717, 1.165) is 5.39 Å². The predicted octanol–water partition coefficient (Wildman–Crippen LogP) is 2.52. The number of carbonyl (C=O) groups is 1. The van der Waals surface area contributed by atoms with Crippen molar-refractivity contribution in [3.8, 4) is 0 Å². The molecule has 2 rings (SSSR count). The number of hydrogen-bond acceptors (Lipinski definition) is 2. The van der Waals surface area contributed by atoms with Crippen LogP contribution in [-0.2, 0) is 4.79 Å². The second kappa shape index (κ2) is 5.40. The third-order valence-corrected chi connectivity index (χ3v) is 2.49. The molecule has 0 saturated carbocycles. The lowest BCUT2D eigenvalue weighted by atomic mass is 10.1. The molecular formula is C14H13FN2O. The summed E-state index contributed by atoms with van der Waals surface area (Å²) in [6.45, 7) is 1.83. The Balaban J connectivity index is 2.22. The third kappa shape index (κ3) is 2.91. The van der Waals surface area contributed by atoms with Gasteiger partial charge in [-0.25, -0.2) is 4.39 Å². The molecule has 1 heterocycles. The Bertz CT molecular complexity index is 608. The zero-order valence-corrected chi connectivity index (χ0v) is 9.98. The Labute approximate surface area is 104 Å². The molecule has 0 aliphatic heterocycles. The van der Waals surface area contributed by atoms with Crippen molar-refractivity contribution in [2.45, 2.75) is 6.92 Å². The molecule has 92 valence electrons. The molecule has 0 radical (unpaired) electrons. The van der Waals surface area contributed by atoms with Gasteiger partial charge in [-0.15, -0.1) is 0 Å². The minimum atomic E-state index is -0.319. The molecule has 0 bridgehead atoms. The number of carbonyl (C=O) groups excluding carboxylic acids is 1. The zero-order chi connectivity index (χ0) is 13.0. The maximum absolute atomic E-state index is 13.7. The molecule has 1 N–H and O–H groups in total. The van der Waals surface area contributed by atoms with Gasteiger partial charge < -0.3 is 5.32 Å². The van der Waals surface area contributed by atoms with Crippen LogP contribution in [0.2, 0.25) is 0 Å². The van der Waals surface area contributed by atoms with Crippen molar-refractivity contribution in [1.29, 1.82) is 0 Å². The minimum absolute atomic E-state index is 0.108. The highest BCUT2D eigenvalue weighted by atomic mass is 19.1. The first kappa shape index (κ1) is 12.2. The number of hydrogen-bond donors (Lipinski definition) is 1. The quantitative estimate of drug-likeness (QED) is 0.901. The molecule has 0 saturated heterocycles. The van der Waals surface area contributed by atoms with E-state index in [0.29, 0.717) is 17.6 Å². The van der Waals surface area contributed by atoms with Crippen LogP contribution in [0.1, 0.15) is 12.5 Å². The lowest BCUT2D eigenvalue weighted by molar-refractivity contribution is -0.118. The summed E-state index contributed by atoms with van der Waals surface area (Å²) < 4.78 is 13.7. The van der Waals surface area contributed by atoms with Crippen LogP contribution in [0.4, 0.5) is 4.39 Å². The number of pyridine rings is 1. The smallest absolute Gasteiger partial charge is 0.217 e. The van der Waals surface area contributed by atoms with Crippen LogP contribution in [0.5, 0.6) is 0 Å². The SMILES string of the molecule is CC(=O)NCC=Cc1cc2cccnc2cc1F. The van der Waals surface area contributed by atoms with Crippen molar-refractivity contribution in [1.82, 2.24) is 10.3 Å². The minimum Gasteiger partial charge on any atom is -0.353 e. The van der Waals surface area contributed by atoms with Gasteiger partial charge in [-0.1, -0.05) is 18.2 Å². The fraction of sp³-hybridized carbons (Fsp3) is 0.143. The monoisotopic (exact) mass is 244 g/mol. The van der Waals surface area contributed by atoms with E-state index in [4.69, 9.17) is 0 Å². The third-order valence-electron chi connectivity index (χ3n) is 2.49. The van der Waals surface area contributed by atoms with Crippen molar-refractivity contribution >= 4 is 22.9 Å². The highest BCUT2D eigenvalue weighted by molar-refractivity contribution is 5.81. The van der Waals surface area contributed by atoms with E-state index in [2.05, 4.69) is 10.3 Å². The van der Waals surface area contributed by atoms with Crippen LogP contribution >= 0.6 is 0 Å². The number of nitrogens with one attached hydrogen (secondary N) is 1. The summed E-state index contributed by atoms with van der Waals surface area (Å²) in [5.74, 6) is -0.428. The van der Waals surface area contributed by atoms with Crippen molar-refractivity contribution in [3.63, 3.8) is 0 Å². The second-order valence-electron chi connectivity index (χ2n) is 3.91.